The highest BCUT2D eigenvalue weighted by Gasteiger charge is 2.26. The second-order valence-electron chi connectivity index (χ2n) is 6.31. The van der Waals surface area contributed by atoms with E-state index in [1.54, 1.807) is 17.0 Å². The van der Waals surface area contributed by atoms with Crippen molar-refractivity contribution in [1.29, 1.82) is 0 Å². The van der Waals surface area contributed by atoms with Crippen molar-refractivity contribution in [2.24, 2.45) is 0 Å². The van der Waals surface area contributed by atoms with Crippen molar-refractivity contribution in [3.63, 3.8) is 0 Å². The first-order valence-electron chi connectivity index (χ1n) is 8.68. The Morgan fingerprint density at radius 1 is 1.15 bits per heavy atom. The van der Waals surface area contributed by atoms with E-state index in [0.29, 0.717) is 31.5 Å². The number of furan rings is 1. The van der Waals surface area contributed by atoms with Gasteiger partial charge in [-0.2, -0.15) is 0 Å². The zero-order valence-corrected chi connectivity index (χ0v) is 14.6. The molecule has 142 valence electrons. The summed E-state index contributed by atoms with van der Waals surface area (Å²) in [6, 6.07) is 7.32. The lowest BCUT2D eigenvalue weighted by molar-refractivity contribution is -0.121. The lowest BCUT2D eigenvalue weighted by atomic mass is 10.0. The van der Waals surface area contributed by atoms with Gasteiger partial charge >= 0.3 is 0 Å². The maximum absolute atomic E-state index is 13.8. The molecule has 0 spiro atoms. The SMILES string of the molecule is O=C(CNC(=O)c1ccoc1)NC1CCN(C(=O)c2ccccc2F)CC1. The first-order chi connectivity index (χ1) is 13.0. The fourth-order valence-electron chi connectivity index (χ4n) is 2.97. The minimum atomic E-state index is -0.536. The Kier molecular flexibility index (Phi) is 5.85. The fourth-order valence-corrected chi connectivity index (χ4v) is 2.97. The van der Waals surface area contributed by atoms with Crippen molar-refractivity contribution in [1.82, 2.24) is 15.5 Å². The number of amides is 3. The lowest BCUT2D eigenvalue weighted by Gasteiger charge is -2.32. The van der Waals surface area contributed by atoms with Gasteiger partial charge in [-0.1, -0.05) is 12.1 Å². The van der Waals surface area contributed by atoms with Crippen molar-refractivity contribution in [3.8, 4) is 0 Å². The molecule has 0 atom stereocenters. The van der Waals surface area contributed by atoms with Crippen molar-refractivity contribution in [3.05, 3.63) is 59.8 Å². The highest BCUT2D eigenvalue weighted by atomic mass is 19.1. The van der Waals surface area contributed by atoms with Crippen molar-refractivity contribution in [2.75, 3.05) is 19.6 Å². The number of hydrogen-bond donors (Lipinski definition) is 2. The molecule has 0 aliphatic carbocycles. The third-order valence-corrected chi connectivity index (χ3v) is 4.44. The molecule has 0 bridgehead atoms. The highest BCUT2D eigenvalue weighted by molar-refractivity contribution is 5.96. The average Bonchev–Trinajstić information content (AvgIpc) is 3.21. The Morgan fingerprint density at radius 3 is 2.56 bits per heavy atom. The quantitative estimate of drug-likeness (QED) is 0.832. The maximum Gasteiger partial charge on any atom is 0.256 e. The molecule has 1 aromatic carbocycles. The van der Waals surface area contributed by atoms with E-state index in [1.807, 2.05) is 0 Å². The summed E-state index contributed by atoms with van der Waals surface area (Å²) >= 11 is 0. The summed E-state index contributed by atoms with van der Waals surface area (Å²) in [7, 11) is 0. The molecule has 1 aliphatic rings. The molecule has 2 heterocycles. The molecule has 1 aliphatic heterocycles. The molecule has 0 saturated carbocycles. The van der Waals surface area contributed by atoms with Crippen LogP contribution in [0.25, 0.3) is 0 Å². The van der Waals surface area contributed by atoms with E-state index in [2.05, 4.69) is 10.6 Å². The Morgan fingerprint density at radius 2 is 1.89 bits per heavy atom. The van der Waals surface area contributed by atoms with Gasteiger partial charge in [-0.15, -0.1) is 0 Å². The summed E-state index contributed by atoms with van der Waals surface area (Å²) in [5.74, 6) is -1.56. The topological polar surface area (TPSA) is 91.7 Å². The molecular weight excluding hydrogens is 353 g/mol. The molecule has 2 N–H and O–H groups in total. The number of carbonyl (C=O) groups excluding carboxylic acids is 3. The van der Waals surface area contributed by atoms with Crippen LogP contribution in [0.3, 0.4) is 0 Å². The highest BCUT2D eigenvalue weighted by Crippen LogP contribution is 2.16. The van der Waals surface area contributed by atoms with Crippen LogP contribution in [-0.4, -0.2) is 48.3 Å². The molecule has 3 rings (SSSR count). The van der Waals surface area contributed by atoms with E-state index in [0.717, 1.165) is 0 Å². The van der Waals surface area contributed by atoms with Crippen LogP contribution in [-0.2, 0) is 4.79 Å². The number of likely N-dealkylation sites (tertiary alicyclic amines) is 1. The second-order valence-corrected chi connectivity index (χ2v) is 6.31. The van der Waals surface area contributed by atoms with Gasteiger partial charge in [0, 0.05) is 19.1 Å². The van der Waals surface area contributed by atoms with Crippen LogP contribution in [0.15, 0.2) is 47.3 Å². The molecule has 1 saturated heterocycles. The van der Waals surface area contributed by atoms with Gasteiger partial charge in [0.15, 0.2) is 0 Å². The number of hydrogen-bond acceptors (Lipinski definition) is 4. The molecule has 3 amide bonds. The third-order valence-electron chi connectivity index (χ3n) is 4.44. The Labute approximate surface area is 155 Å². The Hall–Kier alpha value is -3.16. The Balaban J connectivity index is 1.42. The van der Waals surface area contributed by atoms with E-state index >= 15 is 0 Å². The number of benzene rings is 1. The third kappa shape index (κ3) is 4.72. The zero-order chi connectivity index (χ0) is 19.2. The number of rotatable bonds is 5. The summed E-state index contributed by atoms with van der Waals surface area (Å²) in [4.78, 5) is 37.7. The first kappa shape index (κ1) is 18.6. The molecule has 0 radical (unpaired) electrons. The molecule has 2 aromatic rings. The summed E-state index contributed by atoms with van der Waals surface area (Å²) in [5, 5.41) is 5.35. The molecule has 1 aromatic heterocycles. The molecular formula is C19H20FN3O4. The van der Waals surface area contributed by atoms with Crippen LogP contribution in [0.4, 0.5) is 4.39 Å². The van der Waals surface area contributed by atoms with E-state index in [-0.39, 0.29) is 35.9 Å². The lowest BCUT2D eigenvalue weighted by Crippen LogP contribution is -2.48. The van der Waals surface area contributed by atoms with Gasteiger partial charge < -0.3 is 20.0 Å². The molecule has 0 unspecified atom stereocenters. The van der Waals surface area contributed by atoms with E-state index in [9.17, 15) is 18.8 Å². The number of carbonyl (C=O) groups is 3. The van der Waals surface area contributed by atoms with Crippen molar-refractivity contribution < 1.29 is 23.2 Å². The van der Waals surface area contributed by atoms with E-state index in [4.69, 9.17) is 4.42 Å². The van der Waals surface area contributed by atoms with Gasteiger partial charge in [-0.25, -0.2) is 4.39 Å². The molecule has 1 fully saturated rings. The largest absolute Gasteiger partial charge is 0.472 e. The van der Waals surface area contributed by atoms with Crippen LogP contribution in [0.1, 0.15) is 33.6 Å². The van der Waals surface area contributed by atoms with Gasteiger partial charge in [-0.3, -0.25) is 14.4 Å². The smallest absolute Gasteiger partial charge is 0.256 e. The van der Waals surface area contributed by atoms with Gasteiger partial charge in [0.25, 0.3) is 11.8 Å². The average molecular weight is 373 g/mol. The number of nitrogens with one attached hydrogen (secondary N) is 2. The first-order valence-corrected chi connectivity index (χ1v) is 8.68. The number of nitrogens with zero attached hydrogens (tertiary/aromatic N) is 1. The van der Waals surface area contributed by atoms with Crippen molar-refractivity contribution in [2.45, 2.75) is 18.9 Å². The monoisotopic (exact) mass is 373 g/mol. The summed E-state index contributed by atoms with van der Waals surface area (Å²) in [5.41, 5.74) is 0.407. The van der Waals surface area contributed by atoms with E-state index in [1.165, 1.54) is 30.7 Å². The molecule has 7 nitrogen and oxygen atoms in total. The predicted molar refractivity (Wildman–Crippen MR) is 94.5 cm³/mol. The van der Waals surface area contributed by atoms with Gasteiger partial charge in [0.1, 0.15) is 12.1 Å². The number of piperidine rings is 1. The predicted octanol–water partition coefficient (Wildman–Crippen LogP) is 1.57. The fraction of sp³-hybridized carbons (Fsp3) is 0.316. The summed E-state index contributed by atoms with van der Waals surface area (Å²) < 4.78 is 18.6. The zero-order valence-electron chi connectivity index (χ0n) is 14.6. The van der Waals surface area contributed by atoms with Crippen LogP contribution in [0, 0.1) is 5.82 Å². The van der Waals surface area contributed by atoms with Gasteiger partial charge in [-0.05, 0) is 31.0 Å². The summed E-state index contributed by atoms with van der Waals surface area (Å²) in [6.07, 6.45) is 3.82. The molecule has 27 heavy (non-hydrogen) atoms. The number of halogens is 1. The van der Waals surface area contributed by atoms with Crippen LogP contribution in [0.5, 0.6) is 0 Å². The Bertz CT molecular complexity index is 814. The van der Waals surface area contributed by atoms with Crippen molar-refractivity contribution >= 4 is 17.7 Å². The van der Waals surface area contributed by atoms with Crippen LogP contribution >= 0.6 is 0 Å². The van der Waals surface area contributed by atoms with E-state index < -0.39 is 5.82 Å². The van der Waals surface area contributed by atoms with Gasteiger partial charge in [0.2, 0.25) is 5.91 Å². The molecule has 8 heteroatoms. The minimum Gasteiger partial charge on any atom is -0.472 e. The summed E-state index contributed by atoms with van der Waals surface area (Å²) in [6.45, 7) is 0.720. The van der Waals surface area contributed by atoms with Crippen LogP contribution < -0.4 is 10.6 Å². The minimum absolute atomic E-state index is 0.0574. The second kappa shape index (κ2) is 8.48. The maximum atomic E-state index is 13.8. The van der Waals surface area contributed by atoms with Crippen LogP contribution in [0.2, 0.25) is 0 Å². The normalized spacial score (nSPS) is 14.6. The van der Waals surface area contributed by atoms with Gasteiger partial charge in [0.05, 0.1) is 23.9 Å². The standard InChI is InChI=1S/C19H20FN3O4/c20-16-4-2-1-3-15(16)19(26)23-8-5-14(6-9-23)22-17(24)11-21-18(25)13-7-10-27-12-13/h1-4,7,10,12,14H,5-6,8-9,11H2,(H,21,25)(H,22,24).